The summed E-state index contributed by atoms with van der Waals surface area (Å²) in [6.07, 6.45) is 5.86. The number of aryl methyl sites for hydroxylation is 1. The predicted octanol–water partition coefficient (Wildman–Crippen LogP) is 2.62. The van der Waals surface area contributed by atoms with E-state index in [0.29, 0.717) is 25.3 Å². The fourth-order valence-electron chi connectivity index (χ4n) is 4.30. The third-order valence-electron chi connectivity index (χ3n) is 5.91. The van der Waals surface area contributed by atoms with Crippen LogP contribution in [-0.2, 0) is 23.3 Å². The molecule has 3 heterocycles. The van der Waals surface area contributed by atoms with Crippen molar-refractivity contribution in [2.75, 3.05) is 33.9 Å². The van der Waals surface area contributed by atoms with Crippen LogP contribution in [0.3, 0.4) is 0 Å². The molecule has 1 saturated heterocycles. The Labute approximate surface area is 165 Å². The second-order valence-corrected chi connectivity index (χ2v) is 7.33. The molecular formula is C21H27N3O4. The van der Waals surface area contributed by atoms with Crippen molar-refractivity contribution < 1.29 is 19.0 Å². The molecule has 0 radical (unpaired) electrons. The minimum absolute atomic E-state index is 0.0397. The minimum Gasteiger partial charge on any atom is -0.493 e. The number of fused-ring (bicyclic) bond motifs is 2. The summed E-state index contributed by atoms with van der Waals surface area (Å²) < 4.78 is 19.1. The predicted molar refractivity (Wildman–Crippen MR) is 104 cm³/mol. The zero-order valence-corrected chi connectivity index (χ0v) is 16.7. The molecule has 7 heteroatoms. The summed E-state index contributed by atoms with van der Waals surface area (Å²) in [5.74, 6) is 1.51. The van der Waals surface area contributed by atoms with Gasteiger partial charge in [-0.25, -0.2) is 0 Å². The van der Waals surface area contributed by atoms with Crippen LogP contribution >= 0.6 is 0 Å². The molecule has 0 aliphatic carbocycles. The largest absolute Gasteiger partial charge is 0.493 e. The highest BCUT2D eigenvalue weighted by atomic mass is 16.5. The number of hydrogen-bond acceptors (Lipinski definition) is 5. The lowest BCUT2D eigenvalue weighted by molar-refractivity contribution is -0.0936. The zero-order valence-electron chi connectivity index (χ0n) is 16.7. The molecule has 1 amide bonds. The third kappa shape index (κ3) is 3.13. The summed E-state index contributed by atoms with van der Waals surface area (Å²) in [7, 11) is 3.31. The van der Waals surface area contributed by atoms with Crippen molar-refractivity contribution in [2.24, 2.45) is 0 Å². The molecule has 0 N–H and O–H groups in total. The van der Waals surface area contributed by atoms with Crippen LogP contribution in [0, 0.1) is 0 Å². The Morgan fingerprint density at radius 3 is 2.57 bits per heavy atom. The van der Waals surface area contributed by atoms with Gasteiger partial charge in [-0.05, 0) is 49.4 Å². The van der Waals surface area contributed by atoms with Gasteiger partial charge in [0.2, 0.25) is 0 Å². The van der Waals surface area contributed by atoms with E-state index in [1.807, 2.05) is 18.0 Å². The van der Waals surface area contributed by atoms with Gasteiger partial charge >= 0.3 is 0 Å². The van der Waals surface area contributed by atoms with Crippen LogP contribution in [0.15, 0.2) is 24.5 Å². The van der Waals surface area contributed by atoms with Crippen molar-refractivity contribution in [3.63, 3.8) is 0 Å². The van der Waals surface area contributed by atoms with Crippen molar-refractivity contribution in [3.8, 4) is 11.5 Å². The molecule has 0 bridgehead atoms. The standard InChI is InChI=1S/C21H27N3O4/c1-4-24-14-16(13-22-24)20(25)23-8-6-21(7-9-23)17-12-19(27-3)18(26-2)11-15(17)5-10-28-21/h11-14H,4-10H2,1-3H3. The van der Waals surface area contributed by atoms with Gasteiger partial charge < -0.3 is 19.1 Å². The average molecular weight is 385 g/mol. The van der Waals surface area contributed by atoms with E-state index in [4.69, 9.17) is 14.2 Å². The molecule has 1 fully saturated rings. The first kappa shape index (κ1) is 18.8. The van der Waals surface area contributed by atoms with Crippen LogP contribution in [0.2, 0.25) is 0 Å². The van der Waals surface area contributed by atoms with Gasteiger partial charge in [0.05, 0.1) is 38.2 Å². The molecule has 2 aliphatic rings. The van der Waals surface area contributed by atoms with Gasteiger partial charge in [-0.3, -0.25) is 9.48 Å². The Morgan fingerprint density at radius 2 is 1.93 bits per heavy atom. The summed E-state index contributed by atoms with van der Waals surface area (Å²) in [5, 5.41) is 4.22. The number of piperidine rings is 1. The lowest BCUT2D eigenvalue weighted by atomic mass is 9.79. The molecule has 2 aliphatic heterocycles. The van der Waals surface area contributed by atoms with E-state index in [0.717, 1.165) is 37.3 Å². The maximum atomic E-state index is 12.8. The Bertz CT molecular complexity index is 869. The second-order valence-electron chi connectivity index (χ2n) is 7.33. The average Bonchev–Trinajstić information content (AvgIpc) is 3.22. The van der Waals surface area contributed by atoms with Gasteiger partial charge in [-0.2, -0.15) is 5.10 Å². The number of likely N-dealkylation sites (tertiary alicyclic amines) is 1. The molecule has 4 rings (SSSR count). The number of hydrogen-bond donors (Lipinski definition) is 0. The lowest BCUT2D eigenvalue weighted by Crippen LogP contribution is -2.48. The number of aromatic nitrogens is 2. The maximum absolute atomic E-state index is 12.8. The third-order valence-corrected chi connectivity index (χ3v) is 5.91. The monoisotopic (exact) mass is 385 g/mol. The lowest BCUT2D eigenvalue weighted by Gasteiger charge is -2.45. The highest BCUT2D eigenvalue weighted by molar-refractivity contribution is 5.93. The first-order chi connectivity index (χ1) is 13.6. The molecule has 150 valence electrons. The summed E-state index contributed by atoms with van der Waals surface area (Å²) in [5.41, 5.74) is 2.70. The Hall–Kier alpha value is -2.54. The summed E-state index contributed by atoms with van der Waals surface area (Å²) in [6.45, 7) is 4.76. The molecule has 0 atom stereocenters. The van der Waals surface area contributed by atoms with E-state index in [2.05, 4.69) is 17.2 Å². The van der Waals surface area contributed by atoms with E-state index < -0.39 is 0 Å². The molecule has 7 nitrogen and oxygen atoms in total. The van der Waals surface area contributed by atoms with Crippen molar-refractivity contribution in [2.45, 2.75) is 38.3 Å². The van der Waals surface area contributed by atoms with E-state index in [9.17, 15) is 4.79 Å². The number of carbonyl (C=O) groups excluding carboxylic acids is 1. The van der Waals surface area contributed by atoms with Crippen LogP contribution in [0.5, 0.6) is 11.5 Å². The quantitative estimate of drug-likeness (QED) is 0.809. The molecule has 28 heavy (non-hydrogen) atoms. The number of nitrogens with zero attached hydrogens (tertiary/aromatic N) is 3. The van der Waals surface area contributed by atoms with Gasteiger partial charge in [0.1, 0.15) is 0 Å². The fourth-order valence-corrected chi connectivity index (χ4v) is 4.30. The second kappa shape index (κ2) is 7.47. The number of ether oxygens (including phenoxy) is 3. The molecule has 1 aromatic heterocycles. The van der Waals surface area contributed by atoms with E-state index in [-0.39, 0.29) is 11.5 Å². The van der Waals surface area contributed by atoms with Gasteiger partial charge in [0.15, 0.2) is 11.5 Å². The van der Waals surface area contributed by atoms with Crippen molar-refractivity contribution in [3.05, 3.63) is 41.2 Å². The number of rotatable bonds is 4. The van der Waals surface area contributed by atoms with E-state index >= 15 is 0 Å². The number of amides is 1. The van der Waals surface area contributed by atoms with E-state index in [1.165, 1.54) is 11.1 Å². The van der Waals surface area contributed by atoms with Crippen LogP contribution in [0.1, 0.15) is 41.3 Å². The summed E-state index contributed by atoms with van der Waals surface area (Å²) in [4.78, 5) is 14.7. The fraction of sp³-hybridized carbons (Fsp3) is 0.524. The van der Waals surface area contributed by atoms with Gasteiger partial charge in [-0.1, -0.05) is 0 Å². The van der Waals surface area contributed by atoms with Crippen LogP contribution < -0.4 is 9.47 Å². The number of carbonyl (C=O) groups is 1. The molecular weight excluding hydrogens is 358 g/mol. The maximum Gasteiger partial charge on any atom is 0.257 e. The normalized spacial score (nSPS) is 18.0. The van der Waals surface area contributed by atoms with Gasteiger partial charge in [0.25, 0.3) is 5.91 Å². The Kier molecular flexibility index (Phi) is 5.02. The molecule has 1 aromatic carbocycles. The highest BCUT2D eigenvalue weighted by Crippen LogP contribution is 2.45. The van der Waals surface area contributed by atoms with Crippen molar-refractivity contribution in [1.29, 1.82) is 0 Å². The Balaban J connectivity index is 1.55. The summed E-state index contributed by atoms with van der Waals surface area (Å²) >= 11 is 0. The van der Waals surface area contributed by atoms with Crippen LogP contribution in [0.4, 0.5) is 0 Å². The molecule has 0 saturated carbocycles. The van der Waals surface area contributed by atoms with Crippen LogP contribution in [0.25, 0.3) is 0 Å². The molecule has 0 unspecified atom stereocenters. The summed E-state index contributed by atoms with van der Waals surface area (Å²) in [6, 6.07) is 4.12. The molecule has 2 aromatic rings. The highest BCUT2D eigenvalue weighted by Gasteiger charge is 2.42. The Morgan fingerprint density at radius 1 is 1.21 bits per heavy atom. The number of methoxy groups -OCH3 is 2. The zero-order chi connectivity index (χ0) is 19.7. The van der Waals surface area contributed by atoms with Crippen molar-refractivity contribution in [1.82, 2.24) is 14.7 Å². The number of benzene rings is 1. The van der Waals surface area contributed by atoms with Gasteiger partial charge in [0, 0.05) is 25.8 Å². The first-order valence-electron chi connectivity index (χ1n) is 9.81. The SMILES string of the molecule is CCn1cc(C(=O)N2CCC3(CC2)OCCc2cc(OC)c(OC)cc23)cn1. The molecule has 1 spiro atoms. The van der Waals surface area contributed by atoms with Crippen LogP contribution in [-0.4, -0.2) is 54.5 Å². The smallest absolute Gasteiger partial charge is 0.257 e. The van der Waals surface area contributed by atoms with Gasteiger partial charge in [-0.15, -0.1) is 0 Å². The van der Waals surface area contributed by atoms with E-state index in [1.54, 1.807) is 25.1 Å². The van der Waals surface area contributed by atoms with Crippen molar-refractivity contribution >= 4 is 5.91 Å². The topological polar surface area (TPSA) is 65.8 Å². The first-order valence-corrected chi connectivity index (χ1v) is 9.81. The minimum atomic E-state index is -0.364.